The third-order valence-electron chi connectivity index (χ3n) is 1.12. The van der Waals surface area contributed by atoms with E-state index in [9.17, 15) is 8.78 Å². The van der Waals surface area contributed by atoms with Crippen molar-refractivity contribution in [3.05, 3.63) is 20.3 Å². The van der Waals surface area contributed by atoms with Crippen molar-refractivity contribution in [1.82, 2.24) is 0 Å². The van der Waals surface area contributed by atoms with Crippen LogP contribution in [0.3, 0.4) is 0 Å². The number of halogens is 3. The Morgan fingerprint density at radius 3 is 2.55 bits per heavy atom. The van der Waals surface area contributed by atoms with Crippen molar-refractivity contribution in [1.29, 1.82) is 0 Å². The number of thiophene rings is 1. The van der Waals surface area contributed by atoms with Gasteiger partial charge < -0.3 is 5.11 Å². The third-order valence-corrected chi connectivity index (χ3v) is 3.16. The van der Waals surface area contributed by atoms with Crippen LogP contribution in [0.1, 0.15) is 16.2 Å². The van der Waals surface area contributed by atoms with E-state index < -0.39 is 6.43 Å². The predicted molar refractivity (Wildman–Crippen MR) is 42.9 cm³/mol. The number of aliphatic hydroxyl groups excluding tert-OH is 1. The minimum Gasteiger partial charge on any atom is -0.391 e. The van der Waals surface area contributed by atoms with Crippen LogP contribution >= 0.6 is 27.3 Å². The molecular weight excluding hydrogens is 238 g/mol. The molecule has 0 saturated heterocycles. The quantitative estimate of drug-likeness (QED) is 0.846. The van der Waals surface area contributed by atoms with Crippen LogP contribution in [0.2, 0.25) is 0 Å². The average molecular weight is 243 g/mol. The van der Waals surface area contributed by atoms with Crippen LogP contribution in [-0.4, -0.2) is 5.11 Å². The largest absolute Gasteiger partial charge is 0.391 e. The van der Waals surface area contributed by atoms with E-state index in [2.05, 4.69) is 15.9 Å². The van der Waals surface area contributed by atoms with Crippen LogP contribution < -0.4 is 0 Å². The van der Waals surface area contributed by atoms with E-state index in [-0.39, 0.29) is 11.5 Å². The van der Waals surface area contributed by atoms with E-state index >= 15 is 0 Å². The number of aliphatic hydroxyl groups is 1. The molecule has 0 amide bonds. The van der Waals surface area contributed by atoms with Gasteiger partial charge in [0.05, 0.1) is 11.5 Å². The summed E-state index contributed by atoms with van der Waals surface area (Å²) in [5, 5.41) is 8.60. The molecule has 0 aliphatic carbocycles. The lowest BCUT2D eigenvalue weighted by Gasteiger charge is -1.92. The zero-order valence-corrected chi connectivity index (χ0v) is 7.75. The van der Waals surface area contributed by atoms with Crippen LogP contribution in [0.25, 0.3) is 0 Å². The molecule has 62 valence electrons. The van der Waals surface area contributed by atoms with Gasteiger partial charge in [-0.3, -0.25) is 0 Å². The zero-order valence-electron chi connectivity index (χ0n) is 5.35. The highest BCUT2D eigenvalue weighted by molar-refractivity contribution is 9.10. The fourth-order valence-corrected chi connectivity index (χ4v) is 2.27. The molecule has 1 heterocycles. The van der Waals surface area contributed by atoms with Gasteiger partial charge in [-0.05, 0) is 22.0 Å². The number of rotatable bonds is 2. The van der Waals surface area contributed by atoms with Gasteiger partial charge in [-0.1, -0.05) is 0 Å². The molecule has 0 spiro atoms. The highest BCUT2D eigenvalue weighted by Gasteiger charge is 2.15. The summed E-state index contributed by atoms with van der Waals surface area (Å²) in [6.45, 7) is -0.185. The Labute approximate surface area is 74.8 Å². The monoisotopic (exact) mass is 242 g/mol. The standard InChI is InChI=1S/C6H5BrF2OS/c7-4-1-3(2-10)11-5(4)6(8)9/h1,6,10H,2H2. The number of hydrogen-bond donors (Lipinski definition) is 1. The normalized spacial score (nSPS) is 11.0. The number of hydrogen-bond acceptors (Lipinski definition) is 2. The van der Waals surface area contributed by atoms with E-state index in [1.54, 1.807) is 0 Å². The van der Waals surface area contributed by atoms with Gasteiger partial charge in [0.2, 0.25) is 0 Å². The molecule has 0 fully saturated rings. The second kappa shape index (κ2) is 3.60. The molecule has 5 heteroatoms. The first-order valence-electron chi connectivity index (χ1n) is 2.82. The summed E-state index contributed by atoms with van der Waals surface area (Å²) >= 11 is 3.90. The molecule has 1 aromatic heterocycles. The maximum Gasteiger partial charge on any atom is 0.273 e. The first kappa shape index (κ1) is 9.09. The third kappa shape index (κ3) is 1.98. The Kier molecular flexibility index (Phi) is 2.98. The lowest BCUT2D eigenvalue weighted by molar-refractivity contribution is 0.155. The minimum absolute atomic E-state index is 0.0194. The van der Waals surface area contributed by atoms with Gasteiger partial charge in [-0.2, -0.15) is 0 Å². The molecule has 0 aromatic carbocycles. The van der Waals surface area contributed by atoms with Crippen LogP contribution in [0, 0.1) is 0 Å². The fourth-order valence-electron chi connectivity index (χ4n) is 0.659. The van der Waals surface area contributed by atoms with E-state index in [1.165, 1.54) is 6.07 Å². The van der Waals surface area contributed by atoms with Crippen molar-refractivity contribution in [3.63, 3.8) is 0 Å². The summed E-state index contributed by atoms with van der Waals surface area (Å²) in [5.74, 6) is 0. The van der Waals surface area contributed by atoms with Crippen LogP contribution in [0.15, 0.2) is 10.5 Å². The van der Waals surface area contributed by atoms with Gasteiger partial charge in [0, 0.05) is 9.35 Å². The van der Waals surface area contributed by atoms with Crippen molar-refractivity contribution in [2.45, 2.75) is 13.0 Å². The Bertz CT molecular complexity index is 249. The van der Waals surface area contributed by atoms with Crippen LogP contribution in [-0.2, 0) is 6.61 Å². The zero-order chi connectivity index (χ0) is 8.43. The predicted octanol–water partition coefficient (Wildman–Crippen LogP) is 2.94. The van der Waals surface area contributed by atoms with Crippen molar-refractivity contribution < 1.29 is 13.9 Å². The molecule has 11 heavy (non-hydrogen) atoms. The molecule has 1 N–H and O–H groups in total. The topological polar surface area (TPSA) is 20.2 Å². The van der Waals surface area contributed by atoms with E-state index in [1.807, 2.05) is 0 Å². The molecule has 0 bridgehead atoms. The van der Waals surface area contributed by atoms with Gasteiger partial charge in [0.1, 0.15) is 0 Å². The van der Waals surface area contributed by atoms with Gasteiger partial charge >= 0.3 is 0 Å². The van der Waals surface area contributed by atoms with Crippen LogP contribution in [0.4, 0.5) is 8.78 Å². The second-order valence-electron chi connectivity index (χ2n) is 1.88. The minimum atomic E-state index is -2.46. The highest BCUT2D eigenvalue weighted by atomic mass is 79.9. The molecule has 0 saturated carbocycles. The van der Waals surface area contributed by atoms with E-state index in [0.717, 1.165) is 11.3 Å². The summed E-state index contributed by atoms with van der Waals surface area (Å²) in [7, 11) is 0. The molecular formula is C6H5BrF2OS. The molecule has 0 atom stereocenters. The molecule has 1 aromatic rings. The lowest BCUT2D eigenvalue weighted by atomic mass is 10.4. The van der Waals surface area contributed by atoms with Crippen molar-refractivity contribution in [2.75, 3.05) is 0 Å². The molecule has 0 unspecified atom stereocenters. The Hall–Kier alpha value is -0.0000000000000000833. The summed E-state index contributed by atoms with van der Waals surface area (Å²) < 4.78 is 24.5. The fraction of sp³-hybridized carbons (Fsp3) is 0.333. The van der Waals surface area contributed by atoms with Crippen LogP contribution in [0.5, 0.6) is 0 Å². The highest BCUT2D eigenvalue weighted by Crippen LogP contribution is 2.34. The summed E-state index contributed by atoms with van der Waals surface area (Å²) in [6.07, 6.45) is -2.46. The van der Waals surface area contributed by atoms with Gasteiger partial charge in [0.15, 0.2) is 0 Å². The smallest absolute Gasteiger partial charge is 0.273 e. The maximum atomic E-state index is 12.1. The molecule has 1 nitrogen and oxygen atoms in total. The second-order valence-corrected chi connectivity index (χ2v) is 3.91. The van der Waals surface area contributed by atoms with E-state index in [0.29, 0.717) is 9.35 Å². The maximum absolute atomic E-state index is 12.1. The van der Waals surface area contributed by atoms with Crippen molar-refractivity contribution in [2.24, 2.45) is 0 Å². The molecule has 1 rings (SSSR count). The molecule has 0 aliphatic heterocycles. The summed E-state index contributed by atoms with van der Waals surface area (Å²) in [6, 6.07) is 1.51. The van der Waals surface area contributed by atoms with Crippen molar-refractivity contribution >= 4 is 27.3 Å². The summed E-state index contributed by atoms with van der Waals surface area (Å²) in [5.41, 5.74) is 0. The number of alkyl halides is 2. The van der Waals surface area contributed by atoms with Gasteiger partial charge in [-0.15, -0.1) is 11.3 Å². The van der Waals surface area contributed by atoms with Gasteiger partial charge in [0.25, 0.3) is 6.43 Å². The first-order chi connectivity index (χ1) is 5.15. The molecule has 0 radical (unpaired) electrons. The Balaban J connectivity index is 2.97. The summed E-state index contributed by atoms with van der Waals surface area (Å²) in [4.78, 5) is 0.529. The average Bonchev–Trinajstić information content (AvgIpc) is 2.30. The lowest BCUT2D eigenvalue weighted by Crippen LogP contribution is -1.75. The molecule has 0 aliphatic rings. The van der Waals surface area contributed by atoms with E-state index in [4.69, 9.17) is 5.11 Å². The Morgan fingerprint density at radius 2 is 2.27 bits per heavy atom. The van der Waals surface area contributed by atoms with Crippen molar-refractivity contribution in [3.8, 4) is 0 Å². The Morgan fingerprint density at radius 1 is 1.64 bits per heavy atom. The first-order valence-corrected chi connectivity index (χ1v) is 4.43. The SMILES string of the molecule is OCc1cc(Br)c(C(F)F)s1. The van der Waals surface area contributed by atoms with Gasteiger partial charge in [-0.25, -0.2) is 8.78 Å².